The molecule has 0 aromatic heterocycles. The number of oxime groups is 1. The van der Waals surface area contributed by atoms with Gasteiger partial charge in [-0.05, 0) is 57.9 Å². The summed E-state index contributed by atoms with van der Waals surface area (Å²) in [4.78, 5) is 31.1. The largest absolute Gasteiger partial charge is 0.437 e. The molecule has 0 aliphatic heterocycles. The molecule has 1 aromatic rings. The Morgan fingerprint density at radius 3 is 2.39 bits per heavy atom. The van der Waals surface area contributed by atoms with Crippen molar-refractivity contribution in [2.24, 2.45) is 5.16 Å². The number of amides is 3. The van der Waals surface area contributed by atoms with Gasteiger partial charge in [0.1, 0.15) is 0 Å². The van der Waals surface area contributed by atoms with Gasteiger partial charge in [-0.2, -0.15) is 0 Å². The summed E-state index contributed by atoms with van der Waals surface area (Å²) in [5, 5.41) is 10.1. The minimum absolute atomic E-state index is 0.155. The number of nitrogens with one attached hydrogen (secondary N) is 2. The highest BCUT2D eigenvalue weighted by Crippen LogP contribution is 2.20. The van der Waals surface area contributed by atoms with Crippen LogP contribution in [-0.4, -0.2) is 41.4 Å². The lowest BCUT2D eigenvalue weighted by Gasteiger charge is -2.36. The summed E-state index contributed by atoms with van der Waals surface area (Å²) in [6.45, 7) is 5.43. The minimum Gasteiger partial charge on any atom is -0.335 e. The fourth-order valence-corrected chi connectivity index (χ4v) is 3.04. The lowest BCUT2D eigenvalue weighted by Crippen LogP contribution is -2.55. The van der Waals surface area contributed by atoms with Crippen molar-refractivity contribution in [3.05, 3.63) is 29.3 Å². The van der Waals surface area contributed by atoms with Gasteiger partial charge in [0, 0.05) is 23.8 Å². The van der Waals surface area contributed by atoms with Crippen LogP contribution in [0.15, 0.2) is 29.4 Å². The third-order valence-corrected chi connectivity index (χ3v) is 5.57. The van der Waals surface area contributed by atoms with Crippen molar-refractivity contribution in [3.8, 4) is 0 Å². The van der Waals surface area contributed by atoms with E-state index < -0.39 is 11.6 Å². The molecule has 7 nitrogen and oxygen atoms in total. The highest BCUT2D eigenvalue weighted by atomic mass is 35.5. The lowest BCUT2D eigenvalue weighted by molar-refractivity contribution is 0.159. The molecule has 1 saturated carbocycles. The molecular formula is C20H29ClN4O3. The molecule has 0 bridgehead atoms. The summed E-state index contributed by atoms with van der Waals surface area (Å²) in [6, 6.07) is 6.71. The topological polar surface area (TPSA) is 83.0 Å². The van der Waals surface area contributed by atoms with Gasteiger partial charge in [-0.3, -0.25) is 10.2 Å². The molecule has 3 amide bonds. The van der Waals surface area contributed by atoms with Crippen molar-refractivity contribution in [3.63, 3.8) is 0 Å². The molecule has 154 valence electrons. The van der Waals surface area contributed by atoms with Crippen molar-refractivity contribution in [2.45, 2.75) is 64.5 Å². The molecule has 1 aliphatic carbocycles. The van der Waals surface area contributed by atoms with Crippen LogP contribution in [0.5, 0.6) is 0 Å². The summed E-state index contributed by atoms with van der Waals surface area (Å²) in [5.74, 6) is 0. The molecule has 8 heteroatoms. The van der Waals surface area contributed by atoms with Gasteiger partial charge >= 0.3 is 12.1 Å². The van der Waals surface area contributed by atoms with Gasteiger partial charge in [-0.25, -0.2) is 9.59 Å². The van der Waals surface area contributed by atoms with Crippen molar-refractivity contribution in [2.75, 3.05) is 12.4 Å². The van der Waals surface area contributed by atoms with Crippen LogP contribution in [0.1, 0.15) is 52.9 Å². The monoisotopic (exact) mass is 408 g/mol. The van der Waals surface area contributed by atoms with E-state index >= 15 is 0 Å². The molecule has 2 N–H and O–H groups in total. The van der Waals surface area contributed by atoms with Crippen LogP contribution >= 0.6 is 11.6 Å². The maximum absolute atomic E-state index is 12.6. The van der Waals surface area contributed by atoms with Crippen LogP contribution in [0.2, 0.25) is 5.02 Å². The third kappa shape index (κ3) is 6.12. The van der Waals surface area contributed by atoms with Gasteiger partial charge in [-0.1, -0.05) is 36.0 Å². The average molecular weight is 409 g/mol. The molecule has 28 heavy (non-hydrogen) atoms. The number of carbonyl (C=O) groups is 2. The second kappa shape index (κ2) is 9.78. The zero-order valence-electron chi connectivity index (χ0n) is 16.9. The van der Waals surface area contributed by atoms with E-state index in [9.17, 15) is 9.59 Å². The number of anilines is 1. The number of carbonyl (C=O) groups excluding carboxylic acids is 2. The fraction of sp³-hybridized carbons (Fsp3) is 0.550. The van der Waals surface area contributed by atoms with Crippen molar-refractivity contribution in [1.82, 2.24) is 10.2 Å². The molecule has 1 fully saturated rings. The number of rotatable bonds is 5. The summed E-state index contributed by atoms with van der Waals surface area (Å²) in [7, 11) is 1.71. The molecule has 0 unspecified atom stereocenters. The molecule has 0 spiro atoms. The maximum Gasteiger partial charge on any atom is 0.437 e. The first kappa shape index (κ1) is 22.0. The van der Waals surface area contributed by atoms with Gasteiger partial charge in [0.2, 0.25) is 0 Å². The number of nitrogens with zero attached hydrogens (tertiary/aromatic N) is 2. The Bertz CT molecular complexity index is 713. The quantitative estimate of drug-likeness (QED) is 0.407. The summed E-state index contributed by atoms with van der Waals surface area (Å²) in [5.41, 5.74) is 0.324. The van der Waals surface area contributed by atoms with E-state index in [1.807, 2.05) is 13.8 Å². The fourth-order valence-electron chi connectivity index (χ4n) is 2.91. The first-order valence-corrected chi connectivity index (χ1v) is 9.91. The van der Waals surface area contributed by atoms with Crippen molar-refractivity contribution >= 4 is 35.1 Å². The summed E-state index contributed by atoms with van der Waals surface area (Å²) < 4.78 is 0. The van der Waals surface area contributed by atoms with Crippen molar-refractivity contribution in [1.29, 1.82) is 0 Å². The van der Waals surface area contributed by atoms with Gasteiger partial charge in [0.05, 0.1) is 11.3 Å². The molecule has 2 rings (SSSR count). The standard InChI is InChI=1S/C20H29ClN4O3/c1-14(24-28-19(27)23-17-12-10-15(21)11-13-17)20(2,3)25(4)18(26)22-16-8-6-5-7-9-16/h10-13,16H,5-9H2,1-4H3,(H,22,26)(H,23,27)/b24-14+. The number of benzene rings is 1. The molecular weight excluding hydrogens is 380 g/mol. The predicted octanol–water partition coefficient (Wildman–Crippen LogP) is 5.02. The van der Waals surface area contributed by atoms with Crippen molar-refractivity contribution < 1.29 is 14.4 Å². The second-order valence-corrected chi connectivity index (χ2v) is 8.03. The molecule has 1 aliphatic rings. The van der Waals surface area contributed by atoms with E-state index in [4.69, 9.17) is 16.4 Å². The first-order chi connectivity index (χ1) is 13.2. The Morgan fingerprint density at radius 2 is 1.79 bits per heavy atom. The molecule has 0 atom stereocenters. The van der Waals surface area contributed by atoms with Crippen LogP contribution in [0.4, 0.5) is 15.3 Å². The van der Waals surface area contributed by atoms with E-state index in [-0.39, 0.29) is 12.1 Å². The Labute approximate surface area is 171 Å². The third-order valence-electron chi connectivity index (χ3n) is 5.32. The maximum atomic E-state index is 12.6. The Hall–Kier alpha value is -2.28. The van der Waals surface area contributed by atoms with Gasteiger partial charge in [0.25, 0.3) is 0 Å². The minimum atomic E-state index is -0.723. The van der Waals surface area contributed by atoms with E-state index in [1.54, 1.807) is 43.1 Å². The molecule has 0 radical (unpaired) electrons. The molecule has 1 aromatic carbocycles. The van der Waals surface area contributed by atoms with Crippen LogP contribution in [0, 0.1) is 0 Å². The van der Waals surface area contributed by atoms with Crippen LogP contribution in [0.3, 0.4) is 0 Å². The summed E-state index contributed by atoms with van der Waals surface area (Å²) >= 11 is 5.81. The number of hydrogen-bond acceptors (Lipinski definition) is 4. The first-order valence-electron chi connectivity index (χ1n) is 9.53. The highest BCUT2D eigenvalue weighted by molar-refractivity contribution is 6.30. The van der Waals surface area contributed by atoms with Gasteiger partial charge in [-0.15, -0.1) is 0 Å². The number of urea groups is 1. The normalized spacial score (nSPS) is 15.7. The Kier molecular flexibility index (Phi) is 7.69. The van der Waals surface area contributed by atoms with E-state index in [1.165, 1.54) is 6.42 Å². The average Bonchev–Trinajstić information content (AvgIpc) is 2.68. The smallest absolute Gasteiger partial charge is 0.335 e. The van der Waals surface area contributed by atoms with E-state index in [0.717, 1.165) is 25.7 Å². The van der Waals surface area contributed by atoms with Crippen LogP contribution < -0.4 is 10.6 Å². The Balaban J connectivity index is 1.91. The second-order valence-electron chi connectivity index (χ2n) is 7.59. The number of hydrogen-bond donors (Lipinski definition) is 2. The summed E-state index contributed by atoms with van der Waals surface area (Å²) in [6.07, 6.45) is 4.84. The van der Waals surface area contributed by atoms with E-state index in [0.29, 0.717) is 16.4 Å². The Morgan fingerprint density at radius 1 is 1.18 bits per heavy atom. The van der Waals surface area contributed by atoms with Crippen LogP contribution in [-0.2, 0) is 4.84 Å². The lowest BCUT2D eigenvalue weighted by atomic mass is 9.95. The van der Waals surface area contributed by atoms with Gasteiger partial charge in [0.15, 0.2) is 0 Å². The zero-order valence-corrected chi connectivity index (χ0v) is 17.7. The zero-order chi connectivity index (χ0) is 20.7. The molecule has 0 heterocycles. The van der Waals surface area contributed by atoms with Crippen LogP contribution in [0.25, 0.3) is 0 Å². The SMILES string of the molecule is C/C(=N\OC(=O)Nc1ccc(Cl)cc1)C(C)(C)N(C)C(=O)NC1CCCCC1. The highest BCUT2D eigenvalue weighted by Gasteiger charge is 2.32. The molecule has 0 saturated heterocycles. The predicted molar refractivity (Wildman–Crippen MR) is 112 cm³/mol. The van der Waals surface area contributed by atoms with E-state index in [2.05, 4.69) is 15.8 Å². The number of halogens is 1. The van der Waals surface area contributed by atoms with Gasteiger partial charge < -0.3 is 10.2 Å².